The van der Waals surface area contributed by atoms with Crippen molar-refractivity contribution in [1.29, 1.82) is 0 Å². The van der Waals surface area contributed by atoms with E-state index in [9.17, 15) is 9.59 Å². The Bertz CT molecular complexity index is 2060. The molecule has 11 heteroatoms. The van der Waals surface area contributed by atoms with E-state index in [1.807, 2.05) is 87.5 Å². The second kappa shape index (κ2) is 13.1. The standard InChI is InChI=1S/C34H30N4O5S2/c1-5-41-24-14-12-23(13-15-24)30-28(32(40)42-6-2)29(22-10-8-7-9-11-22)37-34-38(30)31(39)26(44-34)19-25-16-17-27(43-25)45-33-35-20(3)18-21(4)36-33/h7-19,30H,5-6H2,1-4H3/b26-19-/t30-/m0/s1. The van der Waals surface area contributed by atoms with Crippen LogP contribution in [-0.4, -0.2) is 33.7 Å². The minimum Gasteiger partial charge on any atom is -0.494 e. The van der Waals surface area contributed by atoms with Gasteiger partial charge in [-0.2, -0.15) is 0 Å². The molecule has 1 atom stereocenters. The Morgan fingerprint density at radius 1 is 1.00 bits per heavy atom. The lowest BCUT2D eigenvalue weighted by Gasteiger charge is -2.26. The normalized spacial score (nSPS) is 14.7. The Balaban J connectivity index is 1.49. The SMILES string of the molecule is CCOC(=O)C1=C(c2ccccc2)N=c2s/c(=C\c3ccc(Sc4nc(C)cc(C)n4)o3)c(=O)n2[C@H]1c1ccc(OCC)cc1. The lowest BCUT2D eigenvalue weighted by atomic mass is 9.93. The number of aromatic nitrogens is 3. The maximum absolute atomic E-state index is 14.1. The number of thiazole rings is 1. The van der Waals surface area contributed by atoms with Crippen LogP contribution in [0.5, 0.6) is 5.75 Å². The van der Waals surface area contributed by atoms with Crippen LogP contribution in [0.25, 0.3) is 11.8 Å². The molecule has 3 aromatic heterocycles. The fourth-order valence-corrected chi connectivity index (χ4v) is 6.91. The number of carbonyl (C=O) groups excluding carboxylic acids is 1. The molecule has 0 bridgehead atoms. The highest BCUT2D eigenvalue weighted by Crippen LogP contribution is 2.36. The van der Waals surface area contributed by atoms with Crippen LogP contribution in [0.1, 0.15) is 48.2 Å². The Kier molecular flexibility index (Phi) is 8.81. The van der Waals surface area contributed by atoms with Crippen molar-refractivity contribution >= 4 is 40.8 Å². The summed E-state index contributed by atoms with van der Waals surface area (Å²) in [4.78, 5) is 42.0. The Hall–Kier alpha value is -4.74. The largest absolute Gasteiger partial charge is 0.494 e. The van der Waals surface area contributed by atoms with Gasteiger partial charge in [-0.1, -0.05) is 53.8 Å². The molecule has 0 fully saturated rings. The third kappa shape index (κ3) is 6.40. The topological polar surface area (TPSA) is 109 Å². The molecule has 2 aromatic carbocycles. The highest BCUT2D eigenvalue weighted by molar-refractivity contribution is 7.99. The van der Waals surface area contributed by atoms with E-state index in [2.05, 4.69) is 9.97 Å². The molecule has 0 aliphatic carbocycles. The quantitative estimate of drug-likeness (QED) is 0.154. The average Bonchev–Trinajstić information content (AvgIpc) is 3.59. The van der Waals surface area contributed by atoms with E-state index in [1.54, 1.807) is 23.6 Å². The Labute approximate surface area is 267 Å². The summed E-state index contributed by atoms with van der Waals surface area (Å²) >= 11 is 2.55. The first-order chi connectivity index (χ1) is 21.8. The lowest BCUT2D eigenvalue weighted by Crippen LogP contribution is -2.40. The fraction of sp³-hybridized carbons (Fsp3) is 0.206. The fourth-order valence-electron chi connectivity index (χ4n) is 5.09. The molecule has 228 valence electrons. The van der Waals surface area contributed by atoms with Crippen LogP contribution in [0, 0.1) is 13.8 Å². The van der Waals surface area contributed by atoms with Gasteiger partial charge in [0.1, 0.15) is 11.5 Å². The summed E-state index contributed by atoms with van der Waals surface area (Å²) in [6.45, 7) is 8.20. The van der Waals surface area contributed by atoms with Crippen LogP contribution in [0.15, 0.2) is 103 Å². The third-order valence-corrected chi connectivity index (χ3v) is 8.68. The summed E-state index contributed by atoms with van der Waals surface area (Å²) < 4.78 is 19.2. The zero-order valence-corrected chi connectivity index (χ0v) is 26.8. The smallest absolute Gasteiger partial charge is 0.338 e. The number of esters is 1. The summed E-state index contributed by atoms with van der Waals surface area (Å²) in [7, 11) is 0. The molecule has 0 amide bonds. The molecular formula is C34H30N4O5S2. The molecular weight excluding hydrogens is 609 g/mol. The van der Waals surface area contributed by atoms with Gasteiger partial charge in [0, 0.05) is 23.0 Å². The molecule has 0 spiro atoms. The van der Waals surface area contributed by atoms with Crippen molar-refractivity contribution in [2.75, 3.05) is 13.2 Å². The number of hydrogen-bond acceptors (Lipinski definition) is 10. The van der Waals surface area contributed by atoms with Gasteiger partial charge in [0.15, 0.2) is 15.1 Å². The van der Waals surface area contributed by atoms with Crippen molar-refractivity contribution in [2.45, 2.75) is 44.0 Å². The third-order valence-electron chi connectivity index (χ3n) is 6.91. The van der Waals surface area contributed by atoms with Crippen molar-refractivity contribution in [3.63, 3.8) is 0 Å². The summed E-state index contributed by atoms with van der Waals surface area (Å²) in [5, 5.41) is 1.19. The summed E-state index contributed by atoms with van der Waals surface area (Å²) in [6.07, 6.45) is 1.70. The van der Waals surface area contributed by atoms with Gasteiger partial charge in [0.05, 0.1) is 35.1 Å². The van der Waals surface area contributed by atoms with E-state index in [0.29, 0.717) is 43.4 Å². The maximum Gasteiger partial charge on any atom is 0.338 e. The zero-order chi connectivity index (χ0) is 31.5. The zero-order valence-electron chi connectivity index (χ0n) is 25.1. The van der Waals surface area contributed by atoms with Gasteiger partial charge in [-0.3, -0.25) is 9.36 Å². The van der Waals surface area contributed by atoms with Crippen molar-refractivity contribution in [3.05, 3.63) is 126 Å². The summed E-state index contributed by atoms with van der Waals surface area (Å²) in [6, 6.07) is 21.6. The Morgan fingerprint density at radius 2 is 1.73 bits per heavy atom. The summed E-state index contributed by atoms with van der Waals surface area (Å²) in [5.41, 5.74) is 3.67. The van der Waals surface area contributed by atoms with Crippen LogP contribution in [0.3, 0.4) is 0 Å². The molecule has 0 saturated carbocycles. The first-order valence-corrected chi connectivity index (χ1v) is 16.1. The van der Waals surface area contributed by atoms with Gasteiger partial charge in [-0.05, 0) is 75.4 Å². The van der Waals surface area contributed by atoms with Crippen LogP contribution >= 0.6 is 23.1 Å². The van der Waals surface area contributed by atoms with E-state index < -0.39 is 12.0 Å². The first-order valence-electron chi connectivity index (χ1n) is 14.5. The molecule has 0 radical (unpaired) electrons. The van der Waals surface area contributed by atoms with Crippen LogP contribution in [-0.2, 0) is 9.53 Å². The monoisotopic (exact) mass is 638 g/mol. The number of fused-ring (bicyclic) bond motifs is 1. The van der Waals surface area contributed by atoms with Gasteiger partial charge in [-0.25, -0.2) is 19.8 Å². The Morgan fingerprint density at radius 3 is 2.42 bits per heavy atom. The predicted octanol–water partition coefficient (Wildman–Crippen LogP) is 5.49. The van der Waals surface area contributed by atoms with E-state index in [0.717, 1.165) is 22.5 Å². The van der Waals surface area contributed by atoms with E-state index >= 15 is 0 Å². The number of furan rings is 1. The second-order valence-corrected chi connectivity index (χ2v) is 12.1. The van der Waals surface area contributed by atoms with Crippen molar-refractivity contribution < 1.29 is 18.7 Å². The van der Waals surface area contributed by atoms with Gasteiger partial charge in [-0.15, -0.1) is 0 Å². The first kappa shape index (κ1) is 30.3. The van der Waals surface area contributed by atoms with Gasteiger partial charge in [0.25, 0.3) is 5.56 Å². The van der Waals surface area contributed by atoms with Crippen LogP contribution in [0.4, 0.5) is 0 Å². The van der Waals surface area contributed by atoms with Gasteiger partial charge >= 0.3 is 5.97 Å². The number of carbonyl (C=O) groups is 1. The van der Waals surface area contributed by atoms with Crippen LogP contribution < -0.4 is 19.6 Å². The molecule has 45 heavy (non-hydrogen) atoms. The predicted molar refractivity (Wildman–Crippen MR) is 173 cm³/mol. The van der Waals surface area contributed by atoms with E-state index in [1.165, 1.54) is 23.1 Å². The number of nitrogens with zero attached hydrogens (tertiary/aromatic N) is 4. The number of benzene rings is 2. The summed E-state index contributed by atoms with van der Waals surface area (Å²) in [5.74, 6) is 0.656. The number of rotatable bonds is 9. The highest BCUT2D eigenvalue weighted by Gasteiger charge is 2.35. The average molecular weight is 639 g/mol. The number of hydrogen-bond donors (Lipinski definition) is 0. The molecule has 5 aromatic rings. The molecule has 0 N–H and O–H groups in total. The minimum absolute atomic E-state index is 0.177. The van der Waals surface area contributed by atoms with Crippen molar-refractivity contribution in [3.8, 4) is 5.75 Å². The van der Waals surface area contributed by atoms with Crippen molar-refractivity contribution in [1.82, 2.24) is 14.5 Å². The molecule has 4 heterocycles. The highest BCUT2D eigenvalue weighted by atomic mass is 32.2. The minimum atomic E-state index is -0.780. The molecule has 1 aliphatic rings. The molecule has 0 saturated heterocycles. The second-order valence-electron chi connectivity index (χ2n) is 10.1. The van der Waals surface area contributed by atoms with Gasteiger partial charge < -0.3 is 13.9 Å². The van der Waals surface area contributed by atoms with Gasteiger partial charge in [0.2, 0.25) is 0 Å². The van der Waals surface area contributed by atoms with E-state index in [-0.39, 0.29) is 17.7 Å². The maximum atomic E-state index is 14.1. The molecule has 0 unspecified atom stereocenters. The molecule has 1 aliphatic heterocycles. The van der Waals surface area contributed by atoms with Crippen LogP contribution in [0.2, 0.25) is 0 Å². The number of ether oxygens (including phenoxy) is 2. The lowest BCUT2D eigenvalue weighted by molar-refractivity contribution is -0.138. The molecule has 6 rings (SSSR count). The van der Waals surface area contributed by atoms with E-state index in [4.69, 9.17) is 18.9 Å². The van der Waals surface area contributed by atoms with Crippen molar-refractivity contribution in [2.24, 2.45) is 4.99 Å². The number of aryl methyl sites for hydroxylation is 2. The molecule has 9 nitrogen and oxygen atoms in total.